The summed E-state index contributed by atoms with van der Waals surface area (Å²) in [5, 5.41) is 0.111. The lowest BCUT2D eigenvalue weighted by molar-refractivity contribution is -0.153. The molecule has 4 aromatic rings. The standard InChI is InChI=1S/C25H22F3N3O5S/c1-17-20(29-12-11-22(17)35-15-25(26,27)28)14-37(33)23-30-19-9-5-6-10-21(19)31(23)16-36-24(32)34-13-18-7-3-2-4-8-18/h2-12H,13-16H2,1H3. The minimum Gasteiger partial charge on any atom is -0.484 e. The first kappa shape index (κ1) is 26.1. The van der Waals surface area contributed by atoms with Crippen molar-refractivity contribution in [3.05, 3.63) is 83.7 Å². The monoisotopic (exact) mass is 533 g/mol. The largest absolute Gasteiger partial charge is 0.510 e. The maximum atomic E-state index is 13.3. The first-order valence-corrected chi connectivity index (χ1v) is 12.3. The molecule has 0 aliphatic heterocycles. The fourth-order valence-corrected chi connectivity index (χ4v) is 4.70. The molecule has 12 heteroatoms. The summed E-state index contributed by atoms with van der Waals surface area (Å²) in [6.07, 6.45) is -4.11. The number of halogens is 3. The van der Waals surface area contributed by atoms with E-state index in [2.05, 4.69) is 9.97 Å². The number of benzene rings is 2. The Labute approximate surface area is 212 Å². The van der Waals surface area contributed by atoms with Gasteiger partial charge in [0.2, 0.25) is 5.16 Å². The van der Waals surface area contributed by atoms with Crippen molar-refractivity contribution in [3.8, 4) is 5.75 Å². The summed E-state index contributed by atoms with van der Waals surface area (Å²) >= 11 is 0. The number of hydrogen-bond donors (Lipinski definition) is 0. The minimum absolute atomic E-state index is 0.00248. The number of para-hydroxylation sites is 2. The van der Waals surface area contributed by atoms with Gasteiger partial charge in [0, 0.05) is 11.8 Å². The first-order chi connectivity index (χ1) is 17.7. The maximum Gasteiger partial charge on any atom is 0.510 e. The van der Waals surface area contributed by atoms with E-state index >= 15 is 0 Å². The fraction of sp³-hybridized carbons (Fsp3) is 0.240. The molecule has 8 nitrogen and oxygen atoms in total. The van der Waals surface area contributed by atoms with Crippen molar-refractivity contribution in [2.24, 2.45) is 0 Å². The molecule has 1 unspecified atom stereocenters. The van der Waals surface area contributed by atoms with Crippen LogP contribution in [0.5, 0.6) is 5.75 Å². The summed E-state index contributed by atoms with van der Waals surface area (Å²) in [6, 6.07) is 17.4. The highest BCUT2D eigenvalue weighted by Gasteiger charge is 2.29. The number of pyridine rings is 1. The van der Waals surface area contributed by atoms with E-state index in [0.717, 1.165) is 5.56 Å². The number of rotatable bonds is 9. The van der Waals surface area contributed by atoms with Crippen molar-refractivity contribution in [3.63, 3.8) is 0 Å². The third kappa shape index (κ3) is 6.85. The summed E-state index contributed by atoms with van der Waals surface area (Å²) in [6.45, 7) is -0.189. The summed E-state index contributed by atoms with van der Waals surface area (Å²) in [7, 11) is -1.79. The lowest BCUT2D eigenvalue weighted by Crippen LogP contribution is -2.20. The summed E-state index contributed by atoms with van der Waals surface area (Å²) in [4.78, 5) is 20.8. The Hall–Kier alpha value is -3.93. The normalized spacial score (nSPS) is 12.3. The van der Waals surface area contributed by atoms with Gasteiger partial charge in [-0.05, 0) is 30.7 Å². The quantitative estimate of drug-likeness (QED) is 0.270. The van der Waals surface area contributed by atoms with Crippen LogP contribution >= 0.6 is 0 Å². The van der Waals surface area contributed by atoms with Crippen LogP contribution in [0.1, 0.15) is 16.8 Å². The molecule has 0 amide bonds. The van der Waals surface area contributed by atoms with Crippen LogP contribution < -0.4 is 4.74 Å². The molecule has 0 saturated carbocycles. The second-order valence-corrected chi connectivity index (χ2v) is 9.23. The number of ether oxygens (including phenoxy) is 3. The molecule has 0 aliphatic carbocycles. The molecule has 2 aromatic heterocycles. The number of hydrogen-bond acceptors (Lipinski definition) is 7. The zero-order valence-corrected chi connectivity index (χ0v) is 20.4. The predicted octanol–water partition coefficient (Wildman–Crippen LogP) is 5.30. The lowest BCUT2D eigenvalue weighted by atomic mass is 10.2. The Bertz CT molecular complexity index is 1410. The van der Waals surface area contributed by atoms with Gasteiger partial charge < -0.3 is 14.2 Å². The molecule has 0 aliphatic rings. The summed E-state index contributed by atoms with van der Waals surface area (Å²) in [5.74, 6) is -0.145. The third-order valence-corrected chi connectivity index (χ3v) is 6.51. The van der Waals surface area contributed by atoms with E-state index in [1.807, 2.05) is 18.2 Å². The van der Waals surface area contributed by atoms with Gasteiger partial charge in [0.25, 0.3) is 0 Å². The summed E-state index contributed by atoms with van der Waals surface area (Å²) < 4.78 is 67.8. The Balaban J connectivity index is 1.50. The van der Waals surface area contributed by atoms with Gasteiger partial charge in [0.15, 0.2) is 13.3 Å². The average molecular weight is 534 g/mol. The fourth-order valence-electron chi connectivity index (χ4n) is 3.44. The molecule has 2 aromatic carbocycles. The number of nitrogens with zero attached hydrogens (tertiary/aromatic N) is 3. The predicted molar refractivity (Wildman–Crippen MR) is 128 cm³/mol. The van der Waals surface area contributed by atoms with Crippen LogP contribution in [0.15, 0.2) is 72.0 Å². The number of carbonyl (C=O) groups excluding carboxylic acids is 1. The second-order valence-electron chi connectivity index (χ2n) is 7.88. The molecule has 194 valence electrons. The molecule has 0 fully saturated rings. The lowest BCUT2D eigenvalue weighted by Gasteiger charge is -2.14. The number of imidazole rings is 1. The van der Waals surface area contributed by atoms with Crippen molar-refractivity contribution in [2.45, 2.75) is 37.3 Å². The van der Waals surface area contributed by atoms with Gasteiger partial charge in [-0.2, -0.15) is 13.2 Å². The van der Waals surface area contributed by atoms with Crippen molar-refractivity contribution in [2.75, 3.05) is 6.61 Å². The van der Waals surface area contributed by atoms with Gasteiger partial charge >= 0.3 is 12.3 Å². The molecule has 1 atom stereocenters. The van der Waals surface area contributed by atoms with E-state index in [0.29, 0.717) is 22.3 Å². The number of aromatic nitrogens is 3. The third-order valence-electron chi connectivity index (χ3n) is 5.25. The van der Waals surface area contributed by atoms with E-state index in [1.54, 1.807) is 43.3 Å². The van der Waals surface area contributed by atoms with Gasteiger partial charge in [-0.3, -0.25) is 13.8 Å². The zero-order chi connectivity index (χ0) is 26.4. The molecule has 0 radical (unpaired) electrons. The minimum atomic E-state index is -4.49. The summed E-state index contributed by atoms with van der Waals surface area (Å²) in [5.41, 5.74) is 2.52. The average Bonchev–Trinajstić information content (AvgIpc) is 3.25. The first-order valence-electron chi connectivity index (χ1n) is 11.0. The SMILES string of the molecule is Cc1c(OCC(F)(F)F)ccnc1CS(=O)c1nc2ccccc2n1COC(=O)OCc1ccccc1. The topological polar surface area (TPSA) is 92.5 Å². The van der Waals surface area contributed by atoms with Crippen molar-refractivity contribution >= 4 is 28.0 Å². The molecular weight excluding hydrogens is 511 g/mol. The highest BCUT2D eigenvalue weighted by atomic mass is 32.2. The zero-order valence-electron chi connectivity index (χ0n) is 19.6. The van der Waals surface area contributed by atoms with E-state index in [-0.39, 0.29) is 30.0 Å². The van der Waals surface area contributed by atoms with Gasteiger partial charge in [-0.15, -0.1) is 0 Å². The van der Waals surface area contributed by atoms with E-state index in [9.17, 15) is 22.2 Å². The van der Waals surface area contributed by atoms with Crippen LogP contribution in [-0.4, -0.2) is 37.7 Å². The smallest absolute Gasteiger partial charge is 0.484 e. The van der Waals surface area contributed by atoms with Crippen molar-refractivity contribution < 1.29 is 36.4 Å². The number of fused-ring (bicyclic) bond motifs is 1. The van der Waals surface area contributed by atoms with Crippen molar-refractivity contribution in [1.29, 1.82) is 0 Å². The number of alkyl halides is 3. The Kier molecular flexibility index (Phi) is 8.07. The van der Waals surface area contributed by atoms with Gasteiger partial charge in [0.05, 0.1) is 33.3 Å². The van der Waals surface area contributed by atoms with Gasteiger partial charge in [-0.25, -0.2) is 9.78 Å². The molecular formula is C25H22F3N3O5S. The Morgan fingerprint density at radius 1 is 1.03 bits per heavy atom. The van der Waals surface area contributed by atoms with E-state index < -0.39 is 29.7 Å². The van der Waals surface area contributed by atoms with Gasteiger partial charge in [0.1, 0.15) is 12.4 Å². The molecule has 2 heterocycles. The van der Waals surface area contributed by atoms with E-state index in [1.165, 1.54) is 16.8 Å². The van der Waals surface area contributed by atoms with Gasteiger partial charge in [-0.1, -0.05) is 42.5 Å². The molecule has 4 rings (SSSR count). The van der Waals surface area contributed by atoms with Crippen LogP contribution in [0.3, 0.4) is 0 Å². The van der Waals surface area contributed by atoms with Crippen LogP contribution in [0.25, 0.3) is 11.0 Å². The van der Waals surface area contributed by atoms with E-state index in [4.69, 9.17) is 14.2 Å². The van der Waals surface area contributed by atoms with Crippen LogP contribution in [-0.2, 0) is 39.4 Å². The molecule has 37 heavy (non-hydrogen) atoms. The highest BCUT2D eigenvalue weighted by Crippen LogP contribution is 2.26. The molecule has 0 spiro atoms. The second kappa shape index (κ2) is 11.4. The Morgan fingerprint density at radius 2 is 1.76 bits per heavy atom. The van der Waals surface area contributed by atoms with Crippen LogP contribution in [0.2, 0.25) is 0 Å². The van der Waals surface area contributed by atoms with Crippen LogP contribution in [0, 0.1) is 6.92 Å². The molecule has 0 N–H and O–H groups in total. The number of carbonyl (C=O) groups is 1. The highest BCUT2D eigenvalue weighted by molar-refractivity contribution is 7.84. The van der Waals surface area contributed by atoms with Crippen LogP contribution in [0.4, 0.5) is 18.0 Å². The molecule has 0 saturated heterocycles. The maximum absolute atomic E-state index is 13.3. The van der Waals surface area contributed by atoms with Crippen molar-refractivity contribution in [1.82, 2.24) is 14.5 Å². The Morgan fingerprint density at radius 3 is 2.51 bits per heavy atom. The molecule has 0 bridgehead atoms.